The number of hydrogen-bond acceptors (Lipinski definition) is 6. The van der Waals surface area contributed by atoms with Crippen molar-refractivity contribution >= 4 is 33.7 Å². The summed E-state index contributed by atoms with van der Waals surface area (Å²) in [5, 5.41) is 21.4. The van der Waals surface area contributed by atoms with Crippen molar-refractivity contribution in [1.82, 2.24) is 24.4 Å². The van der Waals surface area contributed by atoms with Crippen molar-refractivity contribution < 1.29 is 5.11 Å². The molecule has 1 saturated carbocycles. The summed E-state index contributed by atoms with van der Waals surface area (Å²) in [4.78, 5) is 22.4. The number of benzene rings is 1. The van der Waals surface area contributed by atoms with Crippen LogP contribution in [0.5, 0.6) is 0 Å². The molecule has 174 valence electrons. The lowest BCUT2D eigenvalue weighted by Gasteiger charge is -2.26. The van der Waals surface area contributed by atoms with Gasteiger partial charge in [-0.05, 0) is 49.4 Å². The van der Waals surface area contributed by atoms with Crippen LogP contribution in [0.25, 0.3) is 38.6 Å². The van der Waals surface area contributed by atoms with Crippen LogP contribution < -0.4 is 11.0 Å². The van der Waals surface area contributed by atoms with Crippen molar-refractivity contribution in [3.8, 4) is 11.1 Å². The lowest BCUT2D eigenvalue weighted by Crippen LogP contribution is -2.29. The Morgan fingerprint density at radius 1 is 1.12 bits per heavy atom. The van der Waals surface area contributed by atoms with Gasteiger partial charge in [0.1, 0.15) is 0 Å². The minimum atomic E-state index is -0.279. The number of allylic oxidation sites excluding steroid dienone is 1. The van der Waals surface area contributed by atoms with Gasteiger partial charge < -0.3 is 15.8 Å². The van der Waals surface area contributed by atoms with Gasteiger partial charge in [0.05, 0.1) is 34.5 Å². The zero-order valence-corrected chi connectivity index (χ0v) is 19.3. The van der Waals surface area contributed by atoms with Crippen LogP contribution in [0.4, 0.5) is 0 Å². The van der Waals surface area contributed by atoms with Gasteiger partial charge in [-0.25, -0.2) is 4.79 Å². The number of rotatable bonds is 5. The zero-order valence-electron chi connectivity index (χ0n) is 19.3. The molecule has 0 saturated heterocycles. The maximum Gasteiger partial charge on any atom is 0.329 e. The number of fused-ring (bicyclic) bond motifs is 3. The maximum absolute atomic E-state index is 13.2. The Morgan fingerprint density at radius 2 is 1.88 bits per heavy atom. The van der Waals surface area contributed by atoms with E-state index in [1.807, 2.05) is 28.8 Å². The minimum Gasteiger partial charge on any atom is -0.393 e. The molecule has 8 nitrogen and oxygen atoms in total. The Labute approximate surface area is 197 Å². The quantitative estimate of drug-likeness (QED) is 0.397. The SMILES string of the molecule is CN/C=C(\C=N)c1ccc(-c2ccc3ncc4c(c3c2)n(C2CCC(O)CC2)c(=O)n4C)cn1. The zero-order chi connectivity index (χ0) is 23.8. The second kappa shape index (κ2) is 8.87. The van der Waals surface area contributed by atoms with Crippen molar-refractivity contribution in [2.75, 3.05) is 7.05 Å². The molecule has 0 atom stereocenters. The van der Waals surface area contributed by atoms with Gasteiger partial charge in [-0.3, -0.25) is 19.1 Å². The Kier molecular flexibility index (Phi) is 5.75. The normalized spacial score (nSPS) is 19.0. The van der Waals surface area contributed by atoms with Crippen molar-refractivity contribution in [1.29, 1.82) is 5.41 Å². The second-order valence-electron chi connectivity index (χ2n) is 8.86. The number of nitrogens with zero attached hydrogens (tertiary/aromatic N) is 4. The van der Waals surface area contributed by atoms with Gasteiger partial charge in [0.2, 0.25) is 0 Å². The van der Waals surface area contributed by atoms with E-state index >= 15 is 0 Å². The number of aliphatic hydroxyl groups is 1. The molecular formula is C26H28N6O2. The molecule has 1 aromatic carbocycles. The number of nitrogens with one attached hydrogen (secondary N) is 2. The summed E-state index contributed by atoms with van der Waals surface area (Å²) in [5.74, 6) is 0. The summed E-state index contributed by atoms with van der Waals surface area (Å²) in [6, 6.07) is 10.0. The fourth-order valence-electron chi connectivity index (χ4n) is 4.94. The minimum absolute atomic E-state index is 0.0439. The van der Waals surface area contributed by atoms with Crippen LogP contribution in [0.1, 0.15) is 37.4 Å². The average Bonchev–Trinajstić information content (AvgIpc) is 3.13. The van der Waals surface area contributed by atoms with Crippen LogP contribution in [-0.4, -0.2) is 43.6 Å². The molecule has 0 unspecified atom stereocenters. The van der Waals surface area contributed by atoms with Crippen molar-refractivity contribution in [3.63, 3.8) is 0 Å². The van der Waals surface area contributed by atoms with Crippen LogP contribution >= 0.6 is 0 Å². The monoisotopic (exact) mass is 456 g/mol. The fourth-order valence-corrected chi connectivity index (χ4v) is 4.94. The first-order valence-corrected chi connectivity index (χ1v) is 11.5. The molecule has 1 aliphatic carbocycles. The summed E-state index contributed by atoms with van der Waals surface area (Å²) >= 11 is 0. The number of aliphatic hydroxyl groups excluding tert-OH is 1. The molecule has 1 fully saturated rings. The third-order valence-electron chi connectivity index (χ3n) is 6.79. The molecule has 3 N–H and O–H groups in total. The summed E-state index contributed by atoms with van der Waals surface area (Å²) < 4.78 is 3.58. The lowest BCUT2D eigenvalue weighted by atomic mass is 9.92. The molecule has 0 aliphatic heterocycles. The number of aromatic nitrogens is 4. The van der Waals surface area contributed by atoms with Crippen LogP contribution in [0.2, 0.25) is 0 Å². The van der Waals surface area contributed by atoms with E-state index in [9.17, 15) is 9.90 Å². The Bertz CT molecular complexity index is 1460. The summed E-state index contributed by atoms with van der Waals surface area (Å²) in [7, 11) is 3.58. The highest BCUT2D eigenvalue weighted by molar-refractivity contribution is 6.07. The summed E-state index contributed by atoms with van der Waals surface area (Å²) in [6.07, 6.45) is 9.29. The molecule has 0 amide bonds. The topological polar surface area (TPSA) is 109 Å². The lowest BCUT2D eigenvalue weighted by molar-refractivity contribution is 0.111. The summed E-state index contributed by atoms with van der Waals surface area (Å²) in [6.45, 7) is 0. The Hall–Kier alpha value is -3.78. The van der Waals surface area contributed by atoms with Crippen LogP contribution in [0, 0.1) is 5.41 Å². The number of hydrogen-bond donors (Lipinski definition) is 3. The molecule has 8 heteroatoms. The molecule has 0 spiro atoms. The molecule has 5 rings (SSSR count). The van der Waals surface area contributed by atoms with E-state index in [1.54, 1.807) is 37.3 Å². The fraction of sp³-hybridized carbons (Fsp3) is 0.308. The first-order valence-electron chi connectivity index (χ1n) is 11.5. The van der Waals surface area contributed by atoms with Gasteiger partial charge in [0.15, 0.2) is 0 Å². The van der Waals surface area contributed by atoms with Crippen molar-refractivity contribution in [2.24, 2.45) is 7.05 Å². The van der Waals surface area contributed by atoms with E-state index in [2.05, 4.69) is 21.4 Å². The van der Waals surface area contributed by atoms with Gasteiger partial charge >= 0.3 is 5.69 Å². The number of pyridine rings is 2. The molecule has 3 heterocycles. The Morgan fingerprint density at radius 3 is 2.56 bits per heavy atom. The van der Waals surface area contributed by atoms with E-state index < -0.39 is 0 Å². The van der Waals surface area contributed by atoms with Crippen LogP contribution in [-0.2, 0) is 7.05 Å². The third-order valence-corrected chi connectivity index (χ3v) is 6.79. The van der Waals surface area contributed by atoms with E-state index in [1.165, 1.54) is 6.21 Å². The van der Waals surface area contributed by atoms with Crippen molar-refractivity contribution in [2.45, 2.75) is 37.8 Å². The molecule has 4 aromatic rings. The predicted molar refractivity (Wildman–Crippen MR) is 135 cm³/mol. The van der Waals surface area contributed by atoms with Gasteiger partial charge in [0, 0.05) is 55.3 Å². The maximum atomic E-state index is 13.2. The Balaban J connectivity index is 1.65. The number of imidazole rings is 1. The molecule has 0 radical (unpaired) electrons. The predicted octanol–water partition coefficient (Wildman–Crippen LogP) is 3.64. The summed E-state index contributed by atoms with van der Waals surface area (Å²) in [5.41, 5.74) is 5.84. The van der Waals surface area contributed by atoms with Gasteiger partial charge in [-0.15, -0.1) is 0 Å². The molecule has 34 heavy (non-hydrogen) atoms. The first-order chi connectivity index (χ1) is 16.5. The van der Waals surface area contributed by atoms with Gasteiger partial charge in [-0.2, -0.15) is 0 Å². The highest BCUT2D eigenvalue weighted by Gasteiger charge is 2.26. The first kappa shape index (κ1) is 22.0. The molecule has 0 bridgehead atoms. The van der Waals surface area contributed by atoms with E-state index in [4.69, 9.17) is 5.41 Å². The molecular weight excluding hydrogens is 428 g/mol. The standard InChI is InChI=1S/C26H28N6O2/c1-28-13-18(12-27)22-9-4-17(14-29-22)16-3-10-23-21(11-16)25-24(15-30-23)31(2)26(34)32(25)19-5-7-20(33)8-6-19/h3-4,9-15,19-20,27-28,33H,5-8H2,1-2H3/b18-13+,27-12?. The largest absolute Gasteiger partial charge is 0.393 e. The highest BCUT2D eigenvalue weighted by atomic mass is 16.3. The van der Waals surface area contributed by atoms with Crippen LogP contribution in [0.3, 0.4) is 0 Å². The third kappa shape index (κ3) is 3.70. The average molecular weight is 457 g/mol. The van der Waals surface area contributed by atoms with Gasteiger partial charge in [-0.1, -0.05) is 12.1 Å². The van der Waals surface area contributed by atoms with E-state index in [0.717, 1.165) is 45.9 Å². The van der Waals surface area contributed by atoms with Crippen LogP contribution in [0.15, 0.2) is 53.7 Å². The van der Waals surface area contributed by atoms with Crippen molar-refractivity contribution in [3.05, 3.63) is 65.1 Å². The number of aryl methyl sites for hydroxylation is 1. The highest BCUT2D eigenvalue weighted by Crippen LogP contribution is 2.34. The van der Waals surface area contributed by atoms with E-state index in [-0.39, 0.29) is 17.8 Å². The second-order valence-corrected chi connectivity index (χ2v) is 8.86. The van der Waals surface area contributed by atoms with E-state index in [0.29, 0.717) is 24.1 Å². The molecule has 3 aromatic heterocycles. The van der Waals surface area contributed by atoms with Gasteiger partial charge in [0.25, 0.3) is 0 Å². The smallest absolute Gasteiger partial charge is 0.329 e. The molecule has 1 aliphatic rings.